The van der Waals surface area contributed by atoms with Crippen LogP contribution in [0.1, 0.15) is 35.7 Å². The van der Waals surface area contributed by atoms with Gasteiger partial charge in [-0.15, -0.1) is 0 Å². The van der Waals surface area contributed by atoms with Crippen LogP contribution in [-0.2, 0) is 0 Å². The number of rotatable bonds is 3. The number of fused-ring (bicyclic) bond motifs is 1. The topological polar surface area (TPSA) is 79.4 Å². The van der Waals surface area contributed by atoms with Gasteiger partial charge < -0.3 is 14.8 Å². The molecule has 0 aliphatic heterocycles. The number of benzene rings is 1. The molecular formula is C14H15NO4. The maximum atomic E-state index is 11.9. The highest BCUT2D eigenvalue weighted by Crippen LogP contribution is 2.28. The molecule has 0 atom stereocenters. The van der Waals surface area contributed by atoms with E-state index in [0.29, 0.717) is 16.8 Å². The number of hydrogen-bond acceptors (Lipinski definition) is 3. The largest absolute Gasteiger partial charge is 0.497 e. The molecule has 2 aromatic rings. The predicted molar refractivity (Wildman–Crippen MR) is 72.2 cm³/mol. The van der Waals surface area contributed by atoms with E-state index in [4.69, 9.17) is 4.74 Å². The van der Waals surface area contributed by atoms with Crippen LogP contribution in [0, 0.1) is 0 Å². The summed E-state index contributed by atoms with van der Waals surface area (Å²) in [7, 11) is 1.54. The van der Waals surface area contributed by atoms with Crippen molar-refractivity contribution in [3.8, 4) is 5.75 Å². The van der Waals surface area contributed by atoms with Crippen LogP contribution in [0.3, 0.4) is 0 Å². The number of aromatic amines is 1. The summed E-state index contributed by atoms with van der Waals surface area (Å²) in [6, 6.07) is 5.21. The van der Waals surface area contributed by atoms with Crippen molar-refractivity contribution < 1.29 is 14.6 Å². The Labute approximate surface area is 109 Å². The summed E-state index contributed by atoms with van der Waals surface area (Å²) < 4.78 is 5.10. The summed E-state index contributed by atoms with van der Waals surface area (Å²) in [6.07, 6.45) is 0. The number of aromatic carboxylic acids is 1. The molecule has 1 heterocycles. The van der Waals surface area contributed by atoms with E-state index in [9.17, 15) is 14.7 Å². The van der Waals surface area contributed by atoms with Crippen molar-refractivity contribution in [3.63, 3.8) is 0 Å². The van der Waals surface area contributed by atoms with E-state index < -0.39 is 11.5 Å². The highest BCUT2D eigenvalue weighted by atomic mass is 16.5. The lowest BCUT2D eigenvalue weighted by atomic mass is 9.94. The van der Waals surface area contributed by atoms with Gasteiger partial charge in [0.25, 0.3) is 5.56 Å². The van der Waals surface area contributed by atoms with E-state index in [-0.39, 0.29) is 11.5 Å². The first kappa shape index (κ1) is 13.1. The van der Waals surface area contributed by atoms with Gasteiger partial charge in [-0.25, -0.2) is 4.79 Å². The van der Waals surface area contributed by atoms with Gasteiger partial charge in [0.05, 0.1) is 12.6 Å². The SMILES string of the molecule is COc1ccc2c(C(C)C)c(C(=O)O)c(=O)[nH]c2c1. The number of methoxy groups -OCH3 is 1. The standard InChI is InChI=1S/C14H15NO4/c1-7(2)11-9-5-4-8(19-3)6-10(9)15-13(16)12(11)14(17)18/h4-7H,1-3H3,(H,15,16)(H,17,18). The third-order valence-corrected chi connectivity index (χ3v) is 3.05. The second-order valence-corrected chi connectivity index (χ2v) is 4.61. The zero-order valence-corrected chi connectivity index (χ0v) is 11.0. The second-order valence-electron chi connectivity index (χ2n) is 4.61. The lowest BCUT2D eigenvalue weighted by Crippen LogP contribution is -2.21. The van der Waals surface area contributed by atoms with Gasteiger partial charge >= 0.3 is 5.97 Å². The molecule has 0 saturated heterocycles. The minimum Gasteiger partial charge on any atom is -0.497 e. The summed E-state index contributed by atoms with van der Waals surface area (Å²) in [5.74, 6) is -0.659. The van der Waals surface area contributed by atoms with E-state index in [1.54, 1.807) is 18.2 Å². The summed E-state index contributed by atoms with van der Waals surface area (Å²) in [5.41, 5.74) is 0.358. The third kappa shape index (κ3) is 2.19. The molecule has 0 aliphatic carbocycles. The molecule has 5 nitrogen and oxygen atoms in total. The summed E-state index contributed by atoms with van der Waals surface area (Å²) in [4.78, 5) is 25.8. The van der Waals surface area contributed by atoms with Gasteiger partial charge in [-0.1, -0.05) is 13.8 Å². The second kappa shape index (κ2) is 4.76. The lowest BCUT2D eigenvalue weighted by Gasteiger charge is -2.13. The third-order valence-electron chi connectivity index (χ3n) is 3.05. The monoisotopic (exact) mass is 261 g/mol. The fourth-order valence-electron chi connectivity index (χ4n) is 2.24. The van der Waals surface area contributed by atoms with Crippen LogP contribution in [0.2, 0.25) is 0 Å². The number of aromatic nitrogens is 1. The molecule has 2 rings (SSSR count). The first-order valence-corrected chi connectivity index (χ1v) is 5.93. The molecule has 1 aromatic carbocycles. The minimum atomic E-state index is -1.21. The Morgan fingerprint density at radius 3 is 2.58 bits per heavy atom. The number of carboxylic acids is 1. The van der Waals surface area contributed by atoms with Gasteiger partial charge in [0.15, 0.2) is 0 Å². The van der Waals surface area contributed by atoms with Gasteiger partial charge in [-0.05, 0) is 23.6 Å². The van der Waals surface area contributed by atoms with Crippen molar-refractivity contribution in [1.29, 1.82) is 0 Å². The summed E-state index contributed by atoms with van der Waals surface area (Å²) >= 11 is 0. The summed E-state index contributed by atoms with van der Waals surface area (Å²) in [5, 5.41) is 9.94. The number of H-pyrrole nitrogens is 1. The Bertz CT molecular complexity index is 700. The number of hydrogen-bond donors (Lipinski definition) is 2. The average molecular weight is 261 g/mol. The zero-order valence-electron chi connectivity index (χ0n) is 11.0. The molecule has 0 spiro atoms. The first-order valence-electron chi connectivity index (χ1n) is 5.93. The zero-order chi connectivity index (χ0) is 14.2. The quantitative estimate of drug-likeness (QED) is 0.888. The molecule has 19 heavy (non-hydrogen) atoms. The molecule has 0 amide bonds. The summed E-state index contributed by atoms with van der Waals surface area (Å²) in [6.45, 7) is 3.73. The normalized spacial score (nSPS) is 10.9. The van der Waals surface area contributed by atoms with Crippen molar-refractivity contribution in [2.45, 2.75) is 19.8 Å². The van der Waals surface area contributed by atoms with Crippen LogP contribution in [0.25, 0.3) is 10.9 Å². The van der Waals surface area contributed by atoms with Crippen molar-refractivity contribution in [3.05, 3.63) is 39.7 Å². The van der Waals surface area contributed by atoms with Crippen LogP contribution in [0.5, 0.6) is 5.75 Å². The van der Waals surface area contributed by atoms with E-state index in [0.717, 1.165) is 5.39 Å². The smallest absolute Gasteiger partial charge is 0.341 e. The van der Waals surface area contributed by atoms with Crippen molar-refractivity contribution >= 4 is 16.9 Å². The first-order chi connectivity index (χ1) is 8.95. The van der Waals surface area contributed by atoms with E-state index in [1.165, 1.54) is 7.11 Å². The molecule has 2 N–H and O–H groups in total. The molecular weight excluding hydrogens is 246 g/mol. The molecule has 0 radical (unpaired) electrons. The van der Waals surface area contributed by atoms with Gasteiger partial charge in [-0.2, -0.15) is 0 Å². The molecule has 5 heteroatoms. The van der Waals surface area contributed by atoms with E-state index in [2.05, 4.69) is 4.98 Å². The molecule has 1 aromatic heterocycles. The van der Waals surface area contributed by atoms with Crippen molar-refractivity contribution in [2.24, 2.45) is 0 Å². The van der Waals surface area contributed by atoms with Gasteiger partial charge in [0.2, 0.25) is 0 Å². The van der Waals surface area contributed by atoms with Gasteiger partial charge in [0, 0.05) is 11.5 Å². The maximum Gasteiger partial charge on any atom is 0.341 e. The predicted octanol–water partition coefficient (Wildman–Crippen LogP) is 2.36. The van der Waals surface area contributed by atoms with Crippen LogP contribution in [0.4, 0.5) is 0 Å². The molecule has 100 valence electrons. The van der Waals surface area contributed by atoms with Gasteiger partial charge in [0.1, 0.15) is 11.3 Å². The molecule has 0 unspecified atom stereocenters. The maximum absolute atomic E-state index is 11.9. The minimum absolute atomic E-state index is 0.0655. The van der Waals surface area contributed by atoms with E-state index in [1.807, 2.05) is 13.8 Å². The fraction of sp³-hybridized carbons (Fsp3) is 0.286. The Balaban J connectivity index is 2.92. The van der Waals surface area contributed by atoms with Crippen molar-refractivity contribution in [2.75, 3.05) is 7.11 Å². The highest BCUT2D eigenvalue weighted by Gasteiger charge is 2.20. The Hall–Kier alpha value is -2.30. The Morgan fingerprint density at radius 2 is 2.05 bits per heavy atom. The number of carbonyl (C=O) groups is 1. The van der Waals surface area contributed by atoms with Crippen molar-refractivity contribution in [1.82, 2.24) is 4.98 Å². The average Bonchev–Trinajstić information content (AvgIpc) is 2.35. The fourth-order valence-corrected chi connectivity index (χ4v) is 2.24. The number of pyridine rings is 1. The number of ether oxygens (including phenoxy) is 1. The number of carboxylic acid groups (broad SMARTS) is 1. The van der Waals surface area contributed by atoms with Gasteiger partial charge in [-0.3, -0.25) is 4.79 Å². The van der Waals surface area contributed by atoms with Crippen LogP contribution >= 0.6 is 0 Å². The van der Waals surface area contributed by atoms with Crippen LogP contribution in [0.15, 0.2) is 23.0 Å². The Kier molecular flexibility index (Phi) is 3.29. The molecule has 0 bridgehead atoms. The number of nitrogens with one attached hydrogen (secondary N) is 1. The lowest BCUT2D eigenvalue weighted by molar-refractivity contribution is 0.0693. The highest BCUT2D eigenvalue weighted by molar-refractivity contribution is 5.96. The Morgan fingerprint density at radius 1 is 1.37 bits per heavy atom. The van der Waals surface area contributed by atoms with Crippen LogP contribution in [-0.4, -0.2) is 23.2 Å². The van der Waals surface area contributed by atoms with Crippen LogP contribution < -0.4 is 10.3 Å². The van der Waals surface area contributed by atoms with E-state index >= 15 is 0 Å². The molecule has 0 aliphatic rings. The molecule has 0 saturated carbocycles. The molecule has 0 fully saturated rings.